The third kappa shape index (κ3) is 3.45. The number of nitrogen functional groups attached to an aromatic ring is 1. The van der Waals surface area contributed by atoms with Crippen LogP contribution < -0.4 is 5.73 Å². The number of amides is 1. The van der Waals surface area contributed by atoms with Crippen LogP contribution >= 0.6 is 11.3 Å². The molecule has 1 fully saturated rings. The standard InChI is InChI=1S/C26H25N5O2S/c1-2-23(32)30-9-6-18(7-10-30)31-15-17(13-29-31)21-14-28-26(27)24-20(21)12-22(33-24)19-5-3-4-16-8-11-34-25(16)19/h3-5,8,11-15,18H,2,6-7,9-10H2,1H3,(H2,27,28). The minimum Gasteiger partial charge on any atom is -0.452 e. The molecule has 0 atom stereocenters. The average Bonchev–Trinajstić information content (AvgIpc) is 3.63. The predicted molar refractivity (Wildman–Crippen MR) is 136 cm³/mol. The number of aromatic nitrogens is 3. The molecular weight excluding hydrogens is 446 g/mol. The SMILES string of the molecule is CCC(=O)N1CCC(n2cc(-c3cnc(N)c4oc(-c5cccc6ccsc56)cc34)cn2)CC1. The number of hydrogen-bond donors (Lipinski definition) is 1. The van der Waals surface area contributed by atoms with Gasteiger partial charge >= 0.3 is 0 Å². The van der Waals surface area contributed by atoms with Crippen LogP contribution in [0, 0.1) is 0 Å². The lowest BCUT2D eigenvalue weighted by atomic mass is 10.0. The lowest BCUT2D eigenvalue weighted by Crippen LogP contribution is -2.38. The largest absolute Gasteiger partial charge is 0.452 e. The minimum absolute atomic E-state index is 0.226. The van der Waals surface area contributed by atoms with Gasteiger partial charge in [0.25, 0.3) is 0 Å². The van der Waals surface area contributed by atoms with Crippen molar-refractivity contribution < 1.29 is 9.21 Å². The zero-order chi connectivity index (χ0) is 23.2. The molecule has 2 N–H and O–H groups in total. The molecule has 1 aromatic carbocycles. The summed E-state index contributed by atoms with van der Waals surface area (Å²) < 4.78 is 9.46. The predicted octanol–water partition coefficient (Wildman–Crippen LogP) is 5.73. The first-order valence-corrected chi connectivity index (χ1v) is 12.5. The molecule has 0 spiro atoms. The highest BCUT2D eigenvalue weighted by Crippen LogP contribution is 2.40. The number of fused-ring (bicyclic) bond motifs is 2. The van der Waals surface area contributed by atoms with Gasteiger partial charge in [0.15, 0.2) is 11.4 Å². The maximum atomic E-state index is 12.0. The molecule has 0 bridgehead atoms. The van der Waals surface area contributed by atoms with E-state index in [-0.39, 0.29) is 11.9 Å². The van der Waals surface area contributed by atoms with Gasteiger partial charge in [-0.05, 0) is 41.8 Å². The van der Waals surface area contributed by atoms with Gasteiger partial charge < -0.3 is 15.1 Å². The summed E-state index contributed by atoms with van der Waals surface area (Å²) in [5.74, 6) is 1.39. The molecule has 0 radical (unpaired) electrons. The number of benzene rings is 1. The molecule has 1 saturated heterocycles. The molecule has 1 aliphatic heterocycles. The number of nitrogens with two attached hydrogens (primary N) is 1. The van der Waals surface area contributed by atoms with E-state index in [0.29, 0.717) is 17.8 Å². The first kappa shape index (κ1) is 20.9. The highest BCUT2D eigenvalue weighted by atomic mass is 32.1. The van der Waals surface area contributed by atoms with E-state index in [1.165, 1.54) is 10.1 Å². The quantitative estimate of drug-likeness (QED) is 0.362. The van der Waals surface area contributed by atoms with Gasteiger partial charge in [-0.1, -0.05) is 19.1 Å². The highest BCUT2D eigenvalue weighted by Gasteiger charge is 2.24. The fourth-order valence-corrected chi connectivity index (χ4v) is 5.79. The van der Waals surface area contributed by atoms with Crippen molar-refractivity contribution in [1.29, 1.82) is 0 Å². The normalized spacial score (nSPS) is 14.9. The summed E-state index contributed by atoms with van der Waals surface area (Å²) in [4.78, 5) is 18.4. The van der Waals surface area contributed by atoms with Crippen molar-refractivity contribution in [1.82, 2.24) is 19.7 Å². The Morgan fingerprint density at radius 3 is 2.88 bits per heavy atom. The first-order chi connectivity index (χ1) is 16.6. The van der Waals surface area contributed by atoms with E-state index in [1.54, 1.807) is 17.5 Å². The van der Waals surface area contributed by atoms with Crippen molar-refractivity contribution in [3.05, 3.63) is 54.3 Å². The summed E-state index contributed by atoms with van der Waals surface area (Å²) in [5, 5.41) is 8.88. The Morgan fingerprint density at radius 1 is 1.21 bits per heavy atom. The number of rotatable bonds is 4. The van der Waals surface area contributed by atoms with Crippen molar-refractivity contribution >= 4 is 44.1 Å². The Hall–Kier alpha value is -3.65. The minimum atomic E-state index is 0.226. The summed E-state index contributed by atoms with van der Waals surface area (Å²) in [7, 11) is 0. The summed E-state index contributed by atoms with van der Waals surface area (Å²) in [5.41, 5.74) is 9.78. The fourth-order valence-electron chi connectivity index (χ4n) is 4.87. The van der Waals surface area contributed by atoms with Crippen LogP contribution in [-0.2, 0) is 4.79 Å². The molecule has 6 rings (SSSR count). The molecule has 0 unspecified atom stereocenters. The molecule has 7 nitrogen and oxygen atoms in total. The van der Waals surface area contributed by atoms with E-state index >= 15 is 0 Å². The average molecular weight is 472 g/mol. The fraction of sp³-hybridized carbons (Fsp3) is 0.269. The van der Waals surface area contributed by atoms with Crippen molar-refractivity contribution in [2.75, 3.05) is 18.8 Å². The van der Waals surface area contributed by atoms with Gasteiger partial charge in [-0.2, -0.15) is 5.10 Å². The van der Waals surface area contributed by atoms with Crippen molar-refractivity contribution in [3.8, 4) is 22.5 Å². The van der Waals surface area contributed by atoms with E-state index < -0.39 is 0 Å². The number of piperidine rings is 1. The molecule has 5 heterocycles. The number of nitrogens with zero attached hydrogens (tertiary/aromatic N) is 4. The zero-order valence-electron chi connectivity index (χ0n) is 18.9. The van der Waals surface area contributed by atoms with E-state index in [1.807, 2.05) is 28.8 Å². The number of carbonyl (C=O) groups is 1. The van der Waals surface area contributed by atoms with Crippen molar-refractivity contribution in [2.24, 2.45) is 0 Å². The summed E-state index contributed by atoms with van der Waals surface area (Å²) in [6, 6.07) is 10.7. The molecule has 172 valence electrons. The number of pyridine rings is 1. The maximum absolute atomic E-state index is 12.0. The molecule has 0 saturated carbocycles. The summed E-state index contributed by atoms with van der Waals surface area (Å²) in [6.45, 7) is 3.47. The molecule has 1 amide bonds. The molecular formula is C26H25N5O2S. The van der Waals surface area contributed by atoms with Crippen molar-refractivity contribution in [2.45, 2.75) is 32.2 Å². The summed E-state index contributed by atoms with van der Waals surface area (Å²) >= 11 is 1.70. The number of furan rings is 1. The van der Waals surface area contributed by atoms with E-state index in [9.17, 15) is 4.79 Å². The molecule has 8 heteroatoms. The Labute approximate surface area is 200 Å². The Morgan fingerprint density at radius 2 is 2.06 bits per heavy atom. The lowest BCUT2D eigenvalue weighted by molar-refractivity contribution is -0.132. The zero-order valence-corrected chi connectivity index (χ0v) is 19.7. The van der Waals surface area contributed by atoms with Gasteiger partial charge in [-0.15, -0.1) is 11.3 Å². The van der Waals surface area contributed by atoms with Gasteiger partial charge in [-0.3, -0.25) is 9.48 Å². The second kappa shape index (κ2) is 8.29. The van der Waals surface area contributed by atoms with Gasteiger partial charge in [0.1, 0.15) is 5.76 Å². The van der Waals surface area contributed by atoms with Gasteiger partial charge in [0, 0.05) is 58.7 Å². The van der Waals surface area contributed by atoms with Gasteiger partial charge in [0.2, 0.25) is 5.91 Å². The molecule has 1 aliphatic rings. The van der Waals surface area contributed by atoms with Gasteiger partial charge in [0.05, 0.1) is 12.2 Å². The first-order valence-electron chi connectivity index (χ1n) is 11.6. The van der Waals surface area contributed by atoms with Crippen molar-refractivity contribution in [3.63, 3.8) is 0 Å². The third-order valence-electron chi connectivity index (χ3n) is 6.74. The Bertz CT molecular complexity index is 1510. The van der Waals surface area contributed by atoms with Crippen LogP contribution in [0.25, 0.3) is 43.5 Å². The number of anilines is 1. The van der Waals surface area contributed by atoms with E-state index in [2.05, 4.69) is 45.9 Å². The van der Waals surface area contributed by atoms with Crippen LogP contribution in [0.5, 0.6) is 0 Å². The van der Waals surface area contributed by atoms with Crippen LogP contribution in [0.1, 0.15) is 32.2 Å². The third-order valence-corrected chi connectivity index (χ3v) is 7.70. The number of thiophene rings is 1. The van der Waals surface area contributed by atoms with E-state index in [4.69, 9.17) is 10.2 Å². The van der Waals surface area contributed by atoms with Gasteiger partial charge in [-0.25, -0.2) is 4.98 Å². The highest BCUT2D eigenvalue weighted by molar-refractivity contribution is 7.17. The smallest absolute Gasteiger partial charge is 0.222 e. The van der Waals surface area contributed by atoms with Crippen LogP contribution in [0.4, 0.5) is 5.82 Å². The molecule has 34 heavy (non-hydrogen) atoms. The second-order valence-corrected chi connectivity index (χ2v) is 9.65. The van der Waals surface area contributed by atoms with E-state index in [0.717, 1.165) is 53.8 Å². The van der Waals surface area contributed by atoms with Crippen LogP contribution in [0.15, 0.2) is 58.7 Å². The van der Waals surface area contributed by atoms with Crippen LogP contribution in [0.2, 0.25) is 0 Å². The second-order valence-electron chi connectivity index (χ2n) is 8.73. The lowest BCUT2D eigenvalue weighted by Gasteiger charge is -2.32. The molecule has 4 aromatic heterocycles. The topological polar surface area (TPSA) is 90.2 Å². The Kier molecular flexibility index (Phi) is 5.10. The number of carbonyl (C=O) groups excluding carboxylic acids is 1. The molecule has 5 aromatic rings. The van der Waals surface area contributed by atoms with Crippen LogP contribution in [0.3, 0.4) is 0 Å². The summed E-state index contributed by atoms with van der Waals surface area (Å²) in [6.07, 6.45) is 8.12. The molecule has 0 aliphatic carbocycles. The number of likely N-dealkylation sites (tertiary alicyclic amines) is 1. The maximum Gasteiger partial charge on any atom is 0.222 e. The Balaban J connectivity index is 1.34. The van der Waals surface area contributed by atoms with Crippen LogP contribution in [-0.4, -0.2) is 38.7 Å². The number of hydrogen-bond acceptors (Lipinski definition) is 6. The monoisotopic (exact) mass is 471 g/mol.